The molecule has 0 spiro atoms. The minimum absolute atomic E-state index is 0.311. The summed E-state index contributed by atoms with van der Waals surface area (Å²) in [5.74, 6) is 0.862. The molecule has 1 saturated heterocycles. The first-order valence-corrected chi connectivity index (χ1v) is 16.0. The number of hydrogen-bond acceptors (Lipinski definition) is 9. The summed E-state index contributed by atoms with van der Waals surface area (Å²) in [5.41, 5.74) is 16.0. The Morgan fingerprint density at radius 3 is 1.60 bits per heavy atom. The highest BCUT2D eigenvalue weighted by Crippen LogP contribution is 2.32. The summed E-state index contributed by atoms with van der Waals surface area (Å²) in [6.45, 7) is 6.18. The molecule has 9 nitrogen and oxygen atoms in total. The highest BCUT2D eigenvalue weighted by Gasteiger charge is 2.23. The molecule has 1 saturated carbocycles. The van der Waals surface area contributed by atoms with E-state index in [2.05, 4.69) is 10.6 Å². The quantitative estimate of drug-likeness (QED) is 0.145. The summed E-state index contributed by atoms with van der Waals surface area (Å²) >= 11 is 3.28. The zero-order valence-electron chi connectivity index (χ0n) is 24.3. The van der Waals surface area contributed by atoms with Crippen LogP contribution in [0.15, 0.2) is 71.4 Å². The van der Waals surface area contributed by atoms with Crippen molar-refractivity contribution in [1.82, 2.24) is 0 Å². The molecular formula is C32H38N4O5S2. The third-order valence-electron chi connectivity index (χ3n) is 6.50. The summed E-state index contributed by atoms with van der Waals surface area (Å²) in [6, 6.07) is 19.2. The predicted molar refractivity (Wildman–Crippen MR) is 177 cm³/mol. The number of ether oxygens (including phenoxy) is 3. The number of nitrogen functional groups attached to an aromatic ring is 2. The lowest BCUT2D eigenvalue weighted by molar-refractivity contribution is -0.0566. The minimum atomic E-state index is -0.489. The fourth-order valence-electron chi connectivity index (χ4n) is 3.87. The molecular weight excluding hydrogens is 585 g/mol. The van der Waals surface area contributed by atoms with E-state index in [1.54, 1.807) is 34.8 Å². The number of carbonyl (C=O) groups excluding carboxylic acids is 2. The first kappa shape index (κ1) is 31.9. The van der Waals surface area contributed by atoms with Gasteiger partial charge >= 0.3 is 12.2 Å². The average molecular weight is 623 g/mol. The van der Waals surface area contributed by atoms with Crippen molar-refractivity contribution in [3.63, 3.8) is 0 Å². The number of hydrogen-bond donors (Lipinski definition) is 4. The van der Waals surface area contributed by atoms with Gasteiger partial charge in [-0.3, -0.25) is 10.6 Å². The SMILES string of the molecule is CC.Nc1ccc(-c2cccs2)cc1NC(=O)OCC1CC1.Nc1ccc(-c2cccs2)cc1NC(=O)OCC1COC1. The first-order chi connectivity index (χ1) is 20.9. The van der Waals surface area contributed by atoms with Gasteiger partial charge < -0.3 is 25.7 Å². The maximum atomic E-state index is 11.8. The molecule has 6 N–H and O–H groups in total. The second kappa shape index (κ2) is 16.0. The molecule has 2 aliphatic rings. The van der Waals surface area contributed by atoms with E-state index in [1.165, 1.54) is 0 Å². The second-order valence-corrected chi connectivity index (χ2v) is 11.7. The van der Waals surface area contributed by atoms with Gasteiger partial charge in [-0.2, -0.15) is 0 Å². The molecule has 4 aromatic rings. The lowest BCUT2D eigenvalue weighted by atomic mass is 10.1. The molecule has 2 fully saturated rings. The van der Waals surface area contributed by atoms with Crippen LogP contribution in [0.3, 0.4) is 0 Å². The lowest BCUT2D eigenvalue weighted by Gasteiger charge is -2.25. The van der Waals surface area contributed by atoms with Gasteiger partial charge in [0.15, 0.2) is 0 Å². The lowest BCUT2D eigenvalue weighted by Crippen LogP contribution is -2.33. The van der Waals surface area contributed by atoms with Crippen molar-refractivity contribution in [2.45, 2.75) is 26.7 Å². The monoisotopic (exact) mass is 622 g/mol. The first-order valence-electron chi connectivity index (χ1n) is 14.3. The summed E-state index contributed by atoms with van der Waals surface area (Å²) in [5, 5.41) is 9.43. The van der Waals surface area contributed by atoms with Crippen LogP contribution in [0, 0.1) is 11.8 Å². The molecule has 2 aromatic heterocycles. The zero-order chi connectivity index (χ0) is 30.6. The fourth-order valence-corrected chi connectivity index (χ4v) is 5.31. The molecule has 11 heteroatoms. The Kier molecular flexibility index (Phi) is 11.8. The van der Waals surface area contributed by atoms with E-state index in [1.807, 2.05) is 73.1 Å². The van der Waals surface area contributed by atoms with Crippen molar-refractivity contribution in [2.24, 2.45) is 11.8 Å². The maximum Gasteiger partial charge on any atom is 0.411 e. The van der Waals surface area contributed by atoms with Gasteiger partial charge in [-0.15, -0.1) is 22.7 Å². The van der Waals surface area contributed by atoms with E-state index in [0.29, 0.717) is 61.0 Å². The molecule has 1 aliphatic heterocycles. The molecule has 0 radical (unpaired) electrons. The standard InChI is InChI=1S/C15H16N2O3S.C15H16N2O2S.C2H6/c16-12-4-3-11(14-2-1-5-21-14)6-13(12)17-15(18)20-9-10-7-19-8-10;16-12-6-5-11(14-2-1-7-20-14)8-13(12)17-15(18)19-9-10-3-4-10;1-2/h1-6,10H,7-9,16H2,(H,17,18);1-2,5-8,10H,3-4,9,16H2,(H,17,18);1-2H3. The Hall–Kier alpha value is -4.06. The predicted octanol–water partition coefficient (Wildman–Crippen LogP) is 8.17. The highest BCUT2D eigenvalue weighted by molar-refractivity contribution is 7.13. The number of carbonyl (C=O) groups is 2. The molecule has 43 heavy (non-hydrogen) atoms. The van der Waals surface area contributed by atoms with Crippen molar-refractivity contribution in [3.05, 3.63) is 71.4 Å². The van der Waals surface area contributed by atoms with Crippen LogP contribution < -0.4 is 22.1 Å². The molecule has 2 amide bonds. The van der Waals surface area contributed by atoms with Gasteiger partial charge in [0.25, 0.3) is 0 Å². The zero-order valence-corrected chi connectivity index (χ0v) is 26.0. The molecule has 0 bridgehead atoms. The number of amides is 2. The maximum absolute atomic E-state index is 11.8. The van der Waals surface area contributed by atoms with E-state index < -0.39 is 12.2 Å². The van der Waals surface area contributed by atoms with E-state index >= 15 is 0 Å². The van der Waals surface area contributed by atoms with Crippen molar-refractivity contribution >= 4 is 57.6 Å². The number of thiophene rings is 2. The number of benzene rings is 2. The van der Waals surface area contributed by atoms with Gasteiger partial charge in [-0.25, -0.2) is 9.59 Å². The van der Waals surface area contributed by atoms with Gasteiger partial charge in [0.1, 0.15) is 6.61 Å². The number of rotatable bonds is 8. The fraction of sp³-hybridized carbons (Fsp3) is 0.312. The van der Waals surface area contributed by atoms with Crippen LogP contribution in [0.5, 0.6) is 0 Å². The van der Waals surface area contributed by atoms with Crippen LogP contribution in [-0.2, 0) is 14.2 Å². The van der Waals surface area contributed by atoms with Crippen LogP contribution in [0.1, 0.15) is 26.7 Å². The van der Waals surface area contributed by atoms with Gasteiger partial charge in [-0.1, -0.05) is 38.1 Å². The Balaban J connectivity index is 0.000000186. The Bertz CT molecular complexity index is 1450. The molecule has 0 atom stereocenters. The molecule has 0 unspecified atom stereocenters. The van der Waals surface area contributed by atoms with Gasteiger partial charge in [0.05, 0.1) is 42.6 Å². The minimum Gasteiger partial charge on any atom is -0.449 e. The Labute approximate surface area is 260 Å². The normalized spacial score (nSPS) is 13.7. The van der Waals surface area contributed by atoms with Crippen LogP contribution in [-0.4, -0.2) is 38.6 Å². The smallest absolute Gasteiger partial charge is 0.411 e. The van der Waals surface area contributed by atoms with Crippen molar-refractivity contribution in [1.29, 1.82) is 0 Å². The summed E-state index contributed by atoms with van der Waals surface area (Å²) < 4.78 is 15.3. The molecule has 1 aliphatic carbocycles. The van der Waals surface area contributed by atoms with Gasteiger partial charge in [0, 0.05) is 15.7 Å². The Morgan fingerprint density at radius 1 is 0.767 bits per heavy atom. The largest absolute Gasteiger partial charge is 0.449 e. The highest BCUT2D eigenvalue weighted by atomic mass is 32.1. The summed E-state index contributed by atoms with van der Waals surface area (Å²) in [7, 11) is 0. The molecule has 6 rings (SSSR count). The third kappa shape index (κ3) is 9.74. The van der Waals surface area contributed by atoms with Crippen molar-refractivity contribution in [2.75, 3.05) is 48.5 Å². The number of anilines is 4. The Morgan fingerprint density at radius 2 is 1.23 bits per heavy atom. The van der Waals surface area contributed by atoms with Gasteiger partial charge in [-0.05, 0) is 77.0 Å². The van der Waals surface area contributed by atoms with E-state index in [9.17, 15) is 9.59 Å². The van der Waals surface area contributed by atoms with E-state index in [-0.39, 0.29) is 0 Å². The molecule has 2 aromatic carbocycles. The van der Waals surface area contributed by atoms with E-state index in [0.717, 1.165) is 33.7 Å². The second-order valence-electron chi connectivity index (χ2n) is 9.85. The third-order valence-corrected chi connectivity index (χ3v) is 8.33. The van der Waals surface area contributed by atoms with E-state index in [4.69, 9.17) is 25.7 Å². The summed E-state index contributed by atoms with van der Waals surface area (Å²) in [6.07, 6.45) is 1.39. The molecule has 228 valence electrons. The van der Waals surface area contributed by atoms with Crippen LogP contribution in [0.2, 0.25) is 0 Å². The van der Waals surface area contributed by atoms with Crippen LogP contribution in [0.25, 0.3) is 20.9 Å². The number of nitrogens with two attached hydrogens (primary N) is 2. The topological polar surface area (TPSA) is 138 Å². The van der Waals surface area contributed by atoms with Crippen molar-refractivity contribution < 1.29 is 23.8 Å². The summed E-state index contributed by atoms with van der Waals surface area (Å²) in [4.78, 5) is 25.7. The van der Waals surface area contributed by atoms with Gasteiger partial charge in [0.2, 0.25) is 0 Å². The van der Waals surface area contributed by atoms with Crippen LogP contribution >= 0.6 is 22.7 Å². The van der Waals surface area contributed by atoms with Crippen LogP contribution in [0.4, 0.5) is 32.3 Å². The average Bonchev–Trinajstić information content (AvgIpc) is 3.39. The van der Waals surface area contributed by atoms with Crippen molar-refractivity contribution in [3.8, 4) is 20.9 Å². The molecule has 3 heterocycles. The number of nitrogens with one attached hydrogen (secondary N) is 2.